The average molecular weight is 263 g/mol. The first-order valence-corrected chi connectivity index (χ1v) is 5.78. The van der Waals surface area contributed by atoms with E-state index in [-0.39, 0.29) is 17.2 Å². The summed E-state index contributed by atoms with van der Waals surface area (Å²) in [6.07, 6.45) is 2.14. The lowest BCUT2D eigenvalue weighted by Crippen LogP contribution is -2.27. The topological polar surface area (TPSA) is 80.3 Å². The van der Waals surface area contributed by atoms with Crippen LogP contribution < -0.4 is 16.6 Å². The van der Waals surface area contributed by atoms with Crippen LogP contribution in [0.3, 0.4) is 0 Å². The van der Waals surface area contributed by atoms with Gasteiger partial charge in [-0.25, -0.2) is 4.39 Å². The Morgan fingerprint density at radius 3 is 2.84 bits per heavy atom. The van der Waals surface area contributed by atoms with Crippen LogP contribution in [0.15, 0.2) is 41.0 Å². The zero-order chi connectivity index (χ0) is 13.7. The smallest absolute Gasteiger partial charge is 0.253 e. The molecule has 1 heterocycles. The number of hydrazine groups is 1. The molecular weight excluding hydrogens is 249 g/mol. The summed E-state index contributed by atoms with van der Waals surface area (Å²) in [5.41, 5.74) is 2.35. The van der Waals surface area contributed by atoms with Crippen LogP contribution in [0.25, 0.3) is 0 Å². The third kappa shape index (κ3) is 3.11. The van der Waals surface area contributed by atoms with Gasteiger partial charge in [-0.05, 0) is 24.3 Å². The number of halogens is 1. The van der Waals surface area contributed by atoms with Gasteiger partial charge in [0.05, 0.1) is 17.5 Å². The second kappa shape index (κ2) is 6.01. The Hall–Kier alpha value is -2.34. The number of para-hydroxylation sites is 1. The number of carbonyl (C=O) groups excluding carboxylic acids is 1. The molecule has 4 N–H and O–H groups in total. The molecular formula is C13H14FN3O2. The van der Waals surface area contributed by atoms with E-state index in [1.165, 1.54) is 18.2 Å². The monoisotopic (exact) mass is 263 g/mol. The van der Waals surface area contributed by atoms with Gasteiger partial charge in [-0.15, -0.1) is 0 Å². The lowest BCUT2D eigenvalue weighted by molar-refractivity contribution is 0.0954. The van der Waals surface area contributed by atoms with Crippen LogP contribution in [-0.4, -0.2) is 12.5 Å². The second-order valence-corrected chi connectivity index (χ2v) is 3.89. The molecule has 0 aliphatic carbocycles. The molecule has 0 radical (unpaired) electrons. The Morgan fingerprint density at radius 1 is 1.32 bits per heavy atom. The number of rotatable bonds is 5. The maximum atomic E-state index is 13.4. The molecule has 0 spiro atoms. The van der Waals surface area contributed by atoms with E-state index in [1.54, 1.807) is 12.3 Å². The van der Waals surface area contributed by atoms with E-state index in [2.05, 4.69) is 10.7 Å². The minimum atomic E-state index is -0.568. The van der Waals surface area contributed by atoms with Crippen molar-refractivity contribution in [3.05, 3.63) is 53.7 Å². The van der Waals surface area contributed by atoms with Crippen LogP contribution in [0.4, 0.5) is 10.1 Å². The summed E-state index contributed by atoms with van der Waals surface area (Å²) in [7, 11) is 0. The highest BCUT2D eigenvalue weighted by molar-refractivity contribution is 5.99. The average Bonchev–Trinajstić information content (AvgIpc) is 2.91. The number of anilines is 1. The number of carbonyl (C=O) groups is 1. The van der Waals surface area contributed by atoms with Crippen molar-refractivity contribution >= 4 is 11.6 Å². The van der Waals surface area contributed by atoms with Crippen LogP contribution in [0.5, 0.6) is 0 Å². The first-order valence-electron chi connectivity index (χ1n) is 5.78. The standard InChI is InChI=1S/C13H14FN3O2/c14-11-5-1-4-10(12(11)17-15)13(18)16-7-6-9-3-2-8-19-9/h1-5,8,17H,6-7,15H2,(H,16,18). The Bertz CT molecular complexity index is 555. The van der Waals surface area contributed by atoms with Gasteiger partial charge in [0.15, 0.2) is 0 Å². The molecule has 0 aliphatic rings. The minimum Gasteiger partial charge on any atom is -0.469 e. The summed E-state index contributed by atoms with van der Waals surface area (Å²) < 4.78 is 18.6. The highest BCUT2D eigenvalue weighted by Crippen LogP contribution is 2.18. The third-order valence-corrected chi connectivity index (χ3v) is 2.64. The van der Waals surface area contributed by atoms with Crippen molar-refractivity contribution in [3.63, 3.8) is 0 Å². The van der Waals surface area contributed by atoms with Crippen molar-refractivity contribution < 1.29 is 13.6 Å². The maximum absolute atomic E-state index is 13.4. The van der Waals surface area contributed by atoms with Crippen molar-refractivity contribution in [1.82, 2.24) is 5.32 Å². The molecule has 0 aliphatic heterocycles. The summed E-state index contributed by atoms with van der Waals surface area (Å²) in [5.74, 6) is 5.03. The predicted molar refractivity (Wildman–Crippen MR) is 69.0 cm³/mol. The maximum Gasteiger partial charge on any atom is 0.253 e. The van der Waals surface area contributed by atoms with Crippen LogP contribution >= 0.6 is 0 Å². The van der Waals surface area contributed by atoms with Crippen LogP contribution in [0, 0.1) is 5.82 Å². The van der Waals surface area contributed by atoms with Crippen molar-refractivity contribution in [2.24, 2.45) is 5.84 Å². The molecule has 5 nitrogen and oxygen atoms in total. The highest BCUT2D eigenvalue weighted by Gasteiger charge is 2.13. The van der Waals surface area contributed by atoms with Gasteiger partial charge in [-0.2, -0.15) is 0 Å². The number of amides is 1. The van der Waals surface area contributed by atoms with E-state index in [4.69, 9.17) is 10.3 Å². The van der Waals surface area contributed by atoms with E-state index in [1.807, 2.05) is 6.07 Å². The molecule has 1 amide bonds. The Labute approximate surface area is 109 Å². The molecule has 0 atom stereocenters. The SMILES string of the molecule is NNc1c(F)cccc1C(=O)NCCc1ccco1. The van der Waals surface area contributed by atoms with Crippen LogP contribution in [0.1, 0.15) is 16.1 Å². The number of hydrogen-bond acceptors (Lipinski definition) is 4. The predicted octanol–water partition coefficient (Wildman–Crippen LogP) is 1.68. The first-order chi connectivity index (χ1) is 9.22. The summed E-state index contributed by atoms with van der Waals surface area (Å²) in [6, 6.07) is 7.79. The van der Waals surface area contributed by atoms with E-state index in [0.29, 0.717) is 13.0 Å². The number of nitrogens with one attached hydrogen (secondary N) is 2. The quantitative estimate of drug-likeness (QED) is 0.566. The second-order valence-electron chi connectivity index (χ2n) is 3.89. The molecule has 6 heteroatoms. The first kappa shape index (κ1) is 13.1. The van der Waals surface area contributed by atoms with E-state index in [0.717, 1.165) is 5.76 Å². The van der Waals surface area contributed by atoms with Gasteiger partial charge in [-0.1, -0.05) is 6.07 Å². The van der Waals surface area contributed by atoms with Gasteiger partial charge in [-0.3, -0.25) is 10.6 Å². The number of hydrogen-bond donors (Lipinski definition) is 3. The normalized spacial score (nSPS) is 10.2. The Kier molecular flexibility index (Phi) is 4.15. The zero-order valence-corrected chi connectivity index (χ0v) is 10.2. The zero-order valence-electron chi connectivity index (χ0n) is 10.2. The third-order valence-electron chi connectivity index (χ3n) is 2.64. The number of nitrogen functional groups attached to an aromatic ring is 1. The summed E-state index contributed by atoms with van der Waals surface area (Å²) in [5, 5.41) is 2.68. The summed E-state index contributed by atoms with van der Waals surface area (Å²) >= 11 is 0. The van der Waals surface area contributed by atoms with E-state index >= 15 is 0 Å². The van der Waals surface area contributed by atoms with E-state index < -0.39 is 5.82 Å². The van der Waals surface area contributed by atoms with Crippen LogP contribution in [0.2, 0.25) is 0 Å². The minimum absolute atomic E-state index is 0.0157. The number of benzene rings is 1. The lowest BCUT2D eigenvalue weighted by atomic mass is 10.1. The molecule has 0 fully saturated rings. The molecule has 0 unspecified atom stereocenters. The van der Waals surface area contributed by atoms with Gasteiger partial charge in [0.25, 0.3) is 5.91 Å². The molecule has 0 saturated carbocycles. The van der Waals surface area contributed by atoms with Gasteiger partial charge < -0.3 is 15.2 Å². The lowest BCUT2D eigenvalue weighted by Gasteiger charge is -2.09. The highest BCUT2D eigenvalue weighted by atomic mass is 19.1. The molecule has 1 aromatic carbocycles. The summed E-state index contributed by atoms with van der Waals surface area (Å²) in [6.45, 7) is 0.396. The Balaban J connectivity index is 1.98. The fourth-order valence-corrected chi connectivity index (χ4v) is 1.71. The molecule has 100 valence electrons. The molecule has 2 aromatic rings. The molecule has 2 rings (SSSR count). The van der Waals surface area contributed by atoms with Gasteiger partial charge in [0.2, 0.25) is 0 Å². The summed E-state index contributed by atoms with van der Waals surface area (Å²) in [4.78, 5) is 11.9. The number of furan rings is 1. The fraction of sp³-hybridized carbons (Fsp3) is 0.154. The fourth-order valence-electron chi connectivity index (χ4n) is 1.71. The van der Waals surface area contributed by atoms with E-state index in [9.17, 15) is 9.18 Å². The van der Waals surface area contributed by atoms with Crippen molar-refractivity contribution in [2.45, 2.75) is 6.42 Å². The van der Waals surface area contributed by atoms with Crippen molar-refractivity contribution in [1.29, 1.82) is 0 Å². The largest absolute Gasteiger partial charge is 0.469 e. The molecule has 0 saturated heterocycles. The van der Waals surface area contributed by atoms with Gasteiger partial charge >= 0.3 is 0 Å². The van der Waals surface area contributed by atoms with Gasteiger partial charge in [0.1, 0.15) is 11.6 Å². The molecule has 1 aromatic heterocycles. The Morgan fingerprint density at radius 2 is 2.16 bits per heavy atom. The molecule has 19 heavy (non-hydrogen) atoms. The number of nitrogens with two attached hydrogens (primary N) is 1. The van der Waals surface area contributed by atoms with Crippen LogP contribution in [-0.2, 0) is 6.42 Å². The molecule has 0 bridgehead atoms. The van der Waals surface area contributed by atoms with Gasteiger partial charge in [0, 0.05) is 13.0 Å². The van der Waals surface area contributed by atoms with Crippen molar-refractivity contribution in [3.8, 4) is 0 Å². The van der Waals surface area contributed by atoms with Crippen molar-refractivity contribution in [2.75, 3.05) is 12.0 Å².